The predicted octanol–water partition coefficient (Wildman–Crippen LogP) is 3.12. The number of nitrogens with zero attached hydrogens (tertiary/aromatic N) is 2. The van der Waals surface area contributed by atoms with Crippen LogP contribution in [0.3, 0.4) is 0 Å². The van der Waals surface area contributed by atoms with Gasteiger partial charge in [-0.15, -0.1) is 13.2 Å². The third-order valence-corrected chi connectivity index (χ3v) is 5.16. The summed E-state index contributed by atoms with van der Waals surface area (Å²) < 4.78 is 55.3. The van der Waals surface area contributed by atoms with Gasteiger partial charge in [0.2, 0.25) is 11.8 Å². The Morgan fingerprint density at radius 2 is 1.97 bits per heavy atom. The molecule has 13 heteroatoms. The number of hydrogen-bond acceptors (Lipinski definition) is 7. The molecule has 1 aliphatic heterocycles. The molecule has 3 N–H and O–H groups in total. The van der Waals surface area contributed by atoms with Crippen molar-refractivity contribution < 1.29 is 36.7 Å². The molecule has 0 aliphatic carbocycles. The van der Waals surface area contributed by atoms with Gasteiger partial charge in [-0.3, -0.25) is 19.8 Å². The van der Waals surface area contributed by atoms with E-state index in [4.69, 9.17) is 5.41 Å². The van der Waals surface area contributed by atoms with Crippen LogP contribution in [-0.2, 0) is 14.4 Å². The fourth-order valence-corrected chi connectivity index (χ4v) is 3.56. The van der Waals surface area contributed by atoms with Crippen LogP contribution in [0.15, 0.2) is 36.5 Å². The van der Waals surface area contributed by atoms with Crippen molar-refractivity contribution >= 4 is 34.8 Å². The fraction of sp³-hybridized carbons (Fsp3) is 0.318. The highest BCUT2D eigenvalue weighted by molar-refractivity contribution is 6.45. The Morgan fingerprint density at radius 3 is 2.66 bits per heavy atom. The molecule has 0 saturated carbocycles. The van der Waals surface area contributed by atoms with E-state index in [0.717, 1.165) is 18.2 Å². The molecule has 0 spiro atoms. The van der Waals surface area contributed by atoms with Crippen molar-refractivity contribution in [2.75, 3.05) is 23.7 Å². The van der Waals surface area contributed by atoms with Gasteiger partial charge in [0, 0.05) is 25.2 Å². The lowest BCUT2D eigenvalue weighted by Crippen LogP contribution is -2.45. The quantitative estimate of drug-likeness (QED) is 0.382. The van der Waals surface area contributed by atoms with Gasteiger partial charge in [0.15, 0.2) is 17.3 Å². The molecule has 1 aromatic carbocycles. The minimum atomic E-state index is -5.11. The zero-order valence-corrected chi connectivity index (χ0v) is 18.4. The molecule has 1 saturated heterocycles. The average molecular weight is 495 g/mol. The third kappa shape index (κ3) is 6.31. The van der Waals surface area contributed by atoms with Crippen molar-refractivity contribution in [2.24, 2.45) is 0 Å². The molecular formula is C22H21F4N5O4. The first-order valence-electron chi connectivity index (χ1n) is 10.4. The second-order valence-electron chi connectivity index (χ2n) is 7.58. The highest BCUT2D eigenvalue weighted by atomic mass is 19.4. The van der Waals surface area contributed by atoms with Gasteiger partial charge in [0.05, 0.1) is 12.2 Å². The number of hydrogen-bond donors (Lipinski definition) is 3. The summed E-state index contributed by atoms with van der Waals surface area (Å²) in [6.45, 7) is 1.16. The van der Waals surface area contributed by atoms with Crippen molar-refractivity contribution in [3.05, 3.63) is 47.9 Å². The second kappa shape index (κ2) is 10.5. The summed E-state index contributed by atoms with van der Waals surface area (Å²) in [6, 6.07) is 4.99. The van der Waals surface area contributed by atoms with Gasteiger partial charge in [-0.05, 0) is 37.1 Å². The van der Waals surface area contributed by atoms with Crippen LogP contribution in [0.1, 0.15) is 25.3 Å². The number of amides is 2. The molecule has 2 heterocycles. The van der Waals surface area contributed by atoms with Crippen molar-refractivity contribution in [1.82, 2.24) is 9.88 Å². The molecule has 1 unspecified atom stereocenters. The molecule has 0 bridgehead atoms. The summed E-state index contributed by atoms with van der Waals surface area (Å²) in [7, 11) is 0. The number of benzene rings is 1. The molecule has 3 rings (SSSR count). The second-order valence-corrected chi connectivity index (χ2v) is 7.58. The van der Waals surface area contributed by atoms with E-state index < -0.39 is 47.3 Å². The van der Waals surface area contributed by atoms with Crippen LogP contribution >= 0.6 is 0 Å². The first-order valence-corrected chi connectivity index (χ1v) is 10.4. The maximum Gasteiger partial charge on any atom is 0.573 e. The monoisotopic (exact) mass is 495 g/mol. The number of aromatic nitrogens is 1. The lowest BCUT2D eigenvalue weighted by molar-refractivity contribution is -0.275. The smallest absolute Gasteiger partial charge is 0.403 e. The first-order chi connectivity index (χ1) is 16.5. The van der Waals surface area contributed by atoms with Crippen molar-refractivity contribution in [3.8, 4) is 5.75 Å². The van der Waals surface area contributed by atoms with E-state index in [1.54, 1.807) is 0 Å². The number of ketones is 1. The summed E-state index contributed by atoms with van der Waals surface area (Å²) in [5.41, 5.74) is -0.597. The van der Waals surface area contributed by atoms with Gasteiger partial charge < -0.3 is 20.3 Å². The number of halogens is 4. The van der Waals surface area contributed by atoms with Gasteiger partial charge in [-0.25, -0.2) is 9.37 Å². The Balaban J connectivity index is 1.68. The maximum absolute atomic E-state index is 14.4. The van der Waals surface area contributed by atoms with Crippen LogP contribution in [0.5, 0.6) is 5.75 Å². The van der Waals surface area contributed by atoms with Gasteiger partial charge in [0.25, 0.3) is 0 Å². The molecule has 1 aromatic heterocycles. The highest BCUT2D eigenvalue weighted by Crippen LogP contribution is 2.30. The summed E-state index contributed by atoms with van der Waals surface area (Å²) >= 11 is 0. The molecule has 1 atom stereocenters. The average Bonchev–Trinajstić information content (AvgIpc) is 3.29. The van der Waals surface area contributed by atoms with Crippen LogP contribution in [0.25, 0.3) is 0 Å². The van der Waals surface area contributed by atoms with E-state index in [1.807, 2.05) is 0 Å². The van der Waals surface area contributed by atoms with E-state index in [-0.39, 0.29) is 36.6 Å². The number of pyridine rings is 1. The van der Waals surface area contributed by atoms with Crippen molar-refractivity contribution in [3.63, 3.8) is 0 Å². The van der Waals surface area contributed by atoms with Crippen molar-refractivity contribution in [2.45, 2.75) is 32.2 Å². The Kier molecular flexibility index (Phi) is 7.67. The summed E-state index contributed by atoms with van der Waals surface area (Å²) in [6.07, 6.45) is -2.95. The van der Waals surface area contributed by atoms with E-state index in [9.17, 15) is 31.9 Å². The molecule has 2 aromatic rings. The molecule has 1 aliphatic rings. The topological polar surface area (TPSA) is 124 Å². The number of likely N-dealkylation sites (tertiary alicyclic amines) is 1. The van der Waals surface area contributed by atoms with Crippen LogP contribution < -0.4 is 15.4 Å². The number of nitrogens with one attached hydrogen (secondary N) is 3. The molecule has 2 amide bonds. The Hall–Kier alpha value is -4.03. The molecule has 35 heavy (non-hydrogen) atoms. The number of carbonyl (C=O) groups excluding carboxylic acids is 3. The van der Waals surface area contributed by atoms with E-state index in [1.165, 1.54) is 30.2 Å². The standard InChI is InChI=1S/C22H21F4N5O4/c1-12(32)19(27)13-5-3-9-28-20(13)29-11-17(33)31-10-4-7-15(31)21(34)30-14-6-2-8-16(18(14)23)35-22(24,25)26/h2-3,5-6,8-9,15,27H,4,7,10-11H2,1H3,(H,28,29)(H,30,34). The Labute approximate surface area is 197 Å². The number of alkyl halides is 3. The molecule has 1 fully saturated rings. The number of anilines is 2. The molecule has 9 nitrogen and oxygen atoms in total. The lowest BCUT2D eigenvalue weighted by Gasteiger charge is -2.24. The van der Waals surface area contributed by atoms with Gasteiger partial charge in [0.1, 0.15) is 17.6 Å². The molecule has 0 radical (unpaired) electrons. The number of rotatable bonds is 8. The summed E-state index contributed by atoms with van der Waals surface area (Å²) in [5, 5.41) is 12.9. The number of Topliss-reactive ketones (excluding diaryl/α,β-unsaturated/α-hetero) is 1. The first kappa shape index (κ1) is 25.6. The van der Waals surface area contributed by atoms with Gasteiger partial charge in [-0.1, -0.05) is 6.07 Å². The summed E-state index contributed by atoms with van der Waals surface area (Å²) in [4.78, 5) is 42.4. The number of ether oxygens (including phenoxy) is 1. The SMILES string of the molecule is CC(=O)C(=N)c1cccnc1NCC(=O)N1CCCC1C(=O)Nc1cccc(OC(F)(F)F)c1F. The minimum absolute atomic E-state index is 0.143. The van der Waals surface area contributed by atoms with Crippen molar-refractivity contribution in [1.29, 1.82) is 5.41 Å². The van der Waals surface area contributed by atoms with E-state index in [0.29, 0.717) is 6.42 Å². The van der Waals surface area contributed by atoms with Gasteiger partial charge >= 0.3 is 6.36 Å². The van der Waals surface area contributed by atoms with Gasteiger partial charge in [-0.2, -0.15) is 0 Å². The fourth-order valence-electron chi connectivity index (χ4n) is 3.56. The van der Waals surface area contributed by atoms with E-state index in [2.05, 4.69) is 20.4 Å². The van der Waals surface area contributed by atoms with Crippen LogP contribution in [0.4, 0.5) is 29.1 Å². The van der Waals surface area contributed by atoms with Crippen LogP contribution in [-0.4, -0.2) is 58.7 Å². The largest absolute Gasteiger partial charge is 0.573 e. The Bertz CT molecular complexity index is 1150. The minimum Gasteiger partial charge on any atom is -0.403 e. The number of carbonyl (C=O) groups is 3. The predicted molar refractivity (Wildman–Crippen MR) is 117 cm³/mol. The lowest BCUT2D eigenvalue weighted by atomic mass is 10.1. The highest BCUT2D eigenvalue weighted by Gasteiger charge is 2.35. The zero-order valence-electron chi connectivity index (χ0n) is 18.4. The molecule has 186 valence electrons. The third-order valence-electron chi connectivity index (χ3n) is 5.16. The zero-order chi connectivity index (χ0) is 25.8. The normalized spacial score (nSPS) is 15.5. The van der Waals surface area contributed by atoms with E-state index >= 15 is 0 Å². The maximum atomic E-state index is 14.4. The van der Waals surface area contributed by atoms with Crippen LogP contribution in [0.2, 0.25) is 0 Å². The summed E-state index contributed by atoms with van der Waals surface area (Å²) in [5.74, 6) is -4.10. The Morgan fingerprint density at radius 1 is 1.23 bits per heavy atom. The molecular weight excluding hydrogens is 474 g/mol. The van der Waals surface area contributed by atoms with Crippen LogP contribution in [0, 0.1) is 11.2 Å².